The second-order valence-corrected chi connectivity index (χ2v) is 7.28. The van der Waals surface area contributed by atoms with Gasteiger partial charge in [-0.3, -0.25) is 14.5 Å². The third-order valence-electron chi connectivity index (χ3n) is 3.82. The number of hydrogen-bond acceptors (Lipinski definition) is 5. The van der Waals surface area contributed by atoms with E-state index in [1.165, 1.54) is 4.90 Å². The van der Waals surface area contributed by atoms with E-state index >= 15 is 0 Å². The van der Waals surface area contributed by atoms with E-state index in [-0.39, 0.29) is 31.5 Å². The number of esters is 1. The largest absolute Gasteiger partial charge is 0.459 e. The van der Waals surface area contributed by atoms with Crippen molar-refractivity contribution < 1.29 is 23.9 Å². The zero-order valence-electron chi connectivity index (χ0n) is 15.5. The fraction of sp³-hybridized carbons (Fsp3) is 0.526. The highest BCUT2D eigenvalue weighted by Gasteiger charge is 2.31. The zero-order chi connectivity index (χ0) is 19.2. The van der Waals surface area contributed by atoms with Crippen molar-refractivity contribution in [3.05, 3.63) is 35.9 Å². The van der Waals surface area contributed by atoms with Crippen molar-refractivity contribution in [3.8, 4) is 0 Å². The van der Waals surface area contributed by atoms with Gasteiger partial charge in [0.2, 0.25) is 5.91 Å². The van der Waals surface area contributed by atoms with Gasteiger partial charge in [0.15, 0.2) is 0 Å². The van der Waals surface area contributed by atoms with Crippen LogP contribution in [-0.2, 0) is 25.7 Å². The number of hydrogen-bond donors (Lipinski definition) is 1. The molecule has 1 aliphatic heterocycles. The molecule has 1 heterocycles. The fourth-order valence-corrected chi connectivity index (χ4v) is 2.55. The summed E-state index contributed by atoms with van der Waals surface area (Å²) in [7, 11) is 0. The van der Waals surface area contributed by atoms with E-state index in [9.17, 15) is 14.4 Å². The van der Waals surface area contributed by atoms with Crippen LogP contribution in [-0.4, -0.2) is 48.1 Å². The minimum atomic E-state index is -0.693. The molecule has 2 amide bonds. The van der Waals surface area contributed by atoms with Crippen LogP contribution in [0.3, 0.4) is 0 Å². The van der Waals surface area contributed by atoms with Gasteiger partial charge in [-0.25, -0.2) is 4.79 Å². The lowest BCUT2D eigenvalue weighted by molar-refractivity contribution is -0.146. The van der Waals surface area contributed by atoms with Gasteiger partial charge >= 0.3 is 12.1 Å². The van der Waals surface area contributed by atoms with Crippen molar-refractivity contribution in [2.75, 3.05) is 19.6 Å². The van der Waals surface area contributed by atoms with Crippen molar-refractivity contribution in [3.63, 3.8) is 0 Å². The Morgan fingerprint density at radius 1 is 1.23 bits per heavy atom. The second-order valence-electron chi connectivity index (χ2n) is 7.28. The van der Waals surface area contributed by atoms with Gasteiger partial charge < -0.3 is 14.8 Å². The average molecular weight is 362 g/mol. The van der Waals surface area contributed by atoms with Gasteiger partial charge in [-0.1, -0.05) is 30.3 Å². The molecule has 0 spiro atoms. The zero-order valence-corrected chi connectivity index (χ0v) is 15.5. The molecule has 1 aromatic rings. The Bertz CT molecular complexity index is 639. The average Bonchev–Trinajstić information content (AvgIpc) is 2.97. The number of ether oxygens (including phenoxy) is 2. The predicted molar refractivity (Wildman–Crippen MR) is 95.2 cm³/mol. The van der Waals surface area contributed by atoms with Gasteiger partial charge in [0.05, 0.1) is 5.92 Å². The number of amides is 2. The van der Waals surface area contributed by atoms with E-state index in [0.29, 0.717) is 13.0 Å². The van der Waals surface area contributed by atoms with Crippen LogP contribution in [0.4, 0.5) is 4.79 Å². The highest BCUT2D eigenvalue weighted by atomic mass is 16.6. The van der Waals surface area contributed by atoms with Gasteiger partial charge in [0.1, 0.15) is 18.8 Å². The van der Waals surface area contributed by atoms with Crippen molar-refractivity contribution in [1.82, 2.24) is 10.2 Å². The minimum Gasteiger partial charge on any atom is -0.459 e. The first kappa shape index (κ1) is 19.8. The molecule has 2 rings (SSSR count). The molecule has 1 aromatic carbocycles. The van der Waals surface area contributed by atoms with E-state index in [1.54, 1.807) is 20.8 Å². The standard InChI is InChI=1S/C19H26N2O5/c1-19(2,3)26-18(24)21(11-15-9-10-20-17(15)23)12-16(22)25-13-14-7-5-4-6-8-14/h4-8,15H,9-13H2,1-3H3,(H,20,23). The highest BCUT2D eigenvalue weighted by Crippen LogP contribution is 2.15. The molecule has 1 atom stereocenters. The lowest BCUT2D eigenvalue weighted by atomic mass is 10.1. The minimum absolute atomic E-state index is 0.115. The molecule has 1 aliphatic rings. The highest BCUT2D eigenvalue weighted by molar-refractivity contribution is 5.82. The molecule has 1 unspecified atom stereocenters. The number of carbonyl (C=O) groups excluding carboxylic acids is 3. The molecule has 0 aliphatic carbocycles. The Balaban J connectivity index is 1.96. The van der Waals surface area contributed by atoms with Crippen LogP contribution in [0.2, 0.25) is 0 Å². The van der Waals surface area contributed by atoms with E-state index in [0.717, 1.165) is 5.56 Å². The van der Waals surface area contributed by atoms with Gasteiger partial charge in [-0.2, -0.15) is 0 Å². The molecular weight excluding hydrogens is 336 g/mol. The molecule has 0 saturated carbocycles. The fourth-order valence-electron chi connectivity index (χ4n) is 2.55. The molecule has 0 bridgehead atoms. The normalized spacial score (nSPS) is 16.7. The van der Waals surface area contributed by atoms with Crippen LogP contribution in [0.25, 0.3) is 0 Å². The van der Waals surface area contributed by atoms with E-state index in [1.807, 2.05) is 30.3 Å². The Labute approximate surface area is 153 Å². The molecule has 0 radical (unpaired) electrons. The first-order chi connectivity index (χ1) is 12.2. The summed E-state index contributed by atoms with van der Waals surface area (Å²) >= 11 is 0. The molecule has 7 heteroatoms. The van der Waals surface area contributed by atoms with Crippen LogP contribution in [0.1, 0.15) is 32.8 Å². The number of carbonyl (C=O) groups is 3. The van der Waals surface area contributed by atoms with E-state index in [4.69, 9.17) is 9.47 Å². The summed E-state index contributed by atoms with van der Waals surface area (Å²) < 4.78 is 10.6. The second kappa shape index (κ2) is 8.69. The van der Waals surface area contributed by atoms with Gasteiger partial charge in [0, 0.05) is 13.1 Å². The predicted octanol–water partition coefficient (Wildman–Crippen LogP) is 2.10. The van der Waals surface area contributed by atoms with Gasteiger partial charge in [-0.05, 0) is 32.8 Å². The third kappa shape index (κ3) is 6.38. The first-order valence-electron chi connectivity index (χ1n) is 8.70. The number of rotatable bonds is 6. The van der Waals surface area contributed by atoms with E-state index < -0.39 is 17.7 Å². The van der Waals surface area contributed by atoms with Crippen LogP contribution in [0.5, 0.6) is 0 Å². The Morgan fingerprint density at radius 3 is 2.50 bits per heavy atom. The number of benzene rings is 1. The summed E-state index contributed by atoms with van der Waals surface area (Å²) in [6, 6.07) is 9.29. The molecule has 0 aromatic heterocycles. The van der Waals surface area contributed by atoms with Crippen molar-refractivity contribution in [2.45, 2.75) is 39.4 Å². The molecule has 7 nitrogen and oxygen atoms in total. The Morgan fingerprint density at radius 2 is 1.92 bits per heavy atom. The van der Waals surface area contributed by atoms with Gasteiger partial charge in [-0.15, -0.1) is 0 Å². The topological polar surface area (TPSA) is 84.9 Å². The quantitative estimate of drug-likeness (QED) is 0.784. The summed E-state index contributed by atoms with van der Waals surface area (Å²) in [5, 5.41) is 2.73. The maximum absolute atomic E-state index is 12.4. The van der Waals surface area contributed by atoms with Crippen LogP contribution in [0, 0.1) is 5.92 Å². The molecular formula is C19H26N2O5. The van der Waals surface area contributed by atoms with Crippen molar-refractivity contribution in [1.29, 1.82) is 0 Å². The summed E-state index contributed by atoms with van der Waals surface area (Å²) in [6.45, 7) is 5.82. The van der Waals surface area contributed by atoms with Crippen LogP contribution >= 0.6 is 0 Å². The van der Waals surface area contributed by atoms with Gasteiger partial charge in [0.25, 0.3) is 0 Å². The lowest BCUT2D eigenvalue weighted by Gasteiger charge is -2.28. The maximum atomic E-state index is 12.4. The van der Waals surface area contributed by atoms with Crippen molar-refractivity contribution in [2.24, 2.45) is 5.92 Å². The molecule has 26 heavy (non-hydrogen) atoms. The molecule has 1 fully saturated rings. The third-order valence-corrected chi connectivity index (χ3v) is 3.82. The Kier molecular flexibility index (Phi) is 6.60. The molecule has 1 saturated heterocycles. The number of nitrogens with one attached hydrogen (secondary N) is 1. The summed E-state index contributed by atoms with van der Waals surface area (Å²) in [4.78, 5) is 37.7. The van der Waals surface area contributed by atoms with E-state index in [2.05, 4.69) is 5.32 Å². The van der Waals surface area contributed by atoms with Crippen molar-refractivity contribution >= 4 is 18.0 Å². The maximum Gasteiger partial charge on any atom is 0.410 e. The Hall–Kier alpha value is -2.57. The summed E-state index contributed by atoms with van der Waals surface area (Å²) in [5.41, 5.74) is 0.168. The smallest absolute Gasteiger partial charge is 0.410 e. The number of nitrogens with zero attached hydrogens (tertiary/aromatic N) is 1. The van der Waals surface area contributed by atoms with Crippen LogP contribution in [0.15, 0.2) is 30.3 Å². The summed E-state index contributed by atoms with van der Waals surface area (Å²) in [5.74, 6) is -1.00. The summed E-state index contributed by atoms with van der Waals surface area (Å²) in [6.07, 6.45) is -0.00847. The monoisotopic (exact) mass is 362 g/mol. The lowest BCUT2D eigenvalue weighted by Crippen LogP contribution is -2.43. The van der Waals surface area contributed by atoms with Crippen LogP contribution < -0.4 is 5.32 Å². The molecule has 142 valence electrons. The molecule has 1 N–H and O–H groups in total. The first-order valence-corrected chi connectivity index (χ1v) is 8.70. The SMILES string of the molecule is CC(C)(C)OC(=O)N(CC(=O)OCc1ccccc1)CC1CCNC1=O.